The van der Waals surface area contributed by atoms with Crippen LogP contribution in [0, 0.1) is 0 Å². The summed E-state index contributed by atoms with van der Waals surface area (Å²) < 4.78 is 5.30. The van der Waals surface area contributed by atoms with Gasteiger partial charge in [0.1, 0.15) is 5.60 Å². The van der Waals surface area contributed by atoms with Crippen LogP contribution < -0.4 is 5.32 Å². The minimum absolute atomic E-state index is 0.0139. The molecular weight excluding hydrogens is 380 g/mol. The number of alkyl carbamates (subject to hydrolysis) is 1. The number of nitrogens with zero attached hydrogens (tertiary/aromatic N) is 1. The van der Waals surface area contributed by atoms with Crippen molar-refractivity contribution in [2.24, 2.45) is 0 Å². The van der Waals surface area contributed by atoms with Gasteiger partial charge >= 0.3 is 6.09 Å². The lowest BCUT2D eigenvalue weighted by atomic mass is 10.0. The number of ether oxygens (including phenoxy) is 1. The summed E-state index contributed by atoms with van der Waals surface area (Å²) in [6.45, 7) is 6.57. The Bertz CT molecular complexity index is 1010. The molecule has 30 heavy (non-hydrogen) atoms. The molecule has 0 aromatic heterocycles. The molecule has 2 amide bonds. The van der Waals surface area contributed by atoms with Crippen LogP contribution in [0.3, 0.4) is 0 Å². The van der Waals surface area contributed by atoms with E-state index in [2.05, 4.69) is 5.32 Å². The fraction of sp³-hybridized carbons (Fsp3) is 0.375. The smallest absolute Gasteiger partial charge is 0.407 e. The van der Waals surface area contributed by atoms with E-state index in [1.807, 2.05) is 51.1 Å². The lowest BCUT2D eigenvalue weighted by Crippen LogP contribution is -2.47. The normalized spacial score (nSPS) is 16.1. The van der Waals surface area contributed by atoms with Gasteiger partial charge in [-0.15, -0.1) is 0 Å². The molecule has 2 aliphatic rings. The number of nitrogens with one attached hydrogen (secondary N) is 1. The predicted molar refractivity (Wildman–Crippen MR) is 114 cm³/mol. The van der Waals surface area contributed by atoms with E-state index >= 15 is 0 Å². The van der Waals surface area contributed by atoms with E-state index in [-0.39, 0.29) is 17.7 Å². The maximum atomic E-state index is 13.0. The van der Waals surface area contributed by atoms with Crippen LogP contribution in [0.5, 0.6) is 0 Å². The molecule has 156 valence electrons. The van der Waals surface area contributed by atoms with Crippen molar-refractivity contribution in [3.63, 3.8) is 0 Å². The largest absolute Gasteiger partial charge is 0.444 e. The zero-order chi connectivity index (χ0) is 21.5. The highest BCUT2D eigenvalue weighted by Gasteiger charge is 2.30. The Labute approximate surface area is 176 Å². The molecule has 1 N–H and O–H groups in total. The molecule has 6 nitrogen and oxygen atoms in total. The summed E-state index contributed by atoms with van der Waals surface area (Å²) >= 11 is 0. The second-order valence-corrected chi connectivity index (χ2v) is 8.85. The monoisotopic (exact) mass is 406 g/mol. The van der Waals surface area contributed by atoms with Crippen LogP contribution in [0.2, 0.25) is 0 Å². The molecule has 1 fully saturated rings. The molecule has 0 radical (unpaired) electrons. The Morgan fingerprint density at radius 1 is 0.967 bits per heavy atom. The maximum absolute atomic E-state index is 13.0. The Balaban J connectivity index is 1.40. The Hall–Kier alpha value is -3.15. The van der Waals surface area contributed by atoms with Gasteiger partial charge in [0, 0.05) is 35.8 Å². The zero-order valence-corrected chi connectivity index (χ0v) is 17.5. The molecule has 1 aliphatic heterocycles. The fourth-order valence-corrected chi connectivity index (χ4v) is 4.04. The number of rotatable bonds is 2. The number of carbonyl (C=O) groups excluding carboxylic acids is 3. The number of likely N-dealkylation sites (tertiary alicyclic amines) is 1. The average Bonchev–Trinajstić information content (AvgIpc) is 2.99. The first-order chi connectivity index (χ1) is 14.2. The van der Waals surface area contributed by atoms with Gasteiger partial charge in [0.25, 0.3) is 5.91 Å². The van der Waals surface area contributed by atoms with Crippen LogP contribution in [0.15, 0.2) is 42.5 Å². The number of piperidine rings is 1. The lowest BCUT2D eigenvalue weighted by molar-refractivity contribution is 0.0473. The first-order valence-electron chi connectivity index (χ1n) is 10.3. The van der Waals surface area contributed by atoms with Crippen molar-refractivity contribution in [3.8, 4) is 11.1 Å². The quantitative estimate of drug-likeness (QED) is 0.697. The highest BCUT2D eigenvalue weighted by Crippen LogP contribution is 2.36. The van der Waals surface area contributed by atoms with Gasteiger partial charge in [-0.25, -0.2) is 4.79 Å². The number of hydrogen-bond donors (Lipinski definition) is 1. The van der Waals surface area contributed by atoms with Crippen LogP contribution in [0.4, 0.5) is 4.79 Å². The van der Waals surface area contributed by atoms with Gasteiger partial charge in [0.2, 0.25) is 0 Å². The SMILES string of the molecule is CC(C)(C)OC(=O)NC1CCN(C(=O)c2ccc3c(c2)C(=O)c2ccccc2-3)CC1. The molecular formula is C24H26N2O4. The standard InChI is InChI=1S/C24H26N2O4/c1-24(2,3)30-23(29)25-16-10-12-26(13-11-16)22(28)15-8-9-18-17-6-4-5-7-19(17)21(27)20(18)14-15/h4-9,14,16H,10-13H2,1-3H3,(H,25,29). The van der Waals surface area contributed by atoms with E-state index in [0.717, 1.165) is 11.1 Å². The topological polar surface area (TPSA) is 75.7 Å². The van der Waals surface area contributed by atoms with E-state index < -0.39 is 11.7 Å². The third-order valence-electron chi connectivity index (χ3n) is 5.48. The summed E-state index contributed by atoms with van der Waals surface area (Å²) in [6.07, 6.45) is 0.907. The second kappa shape index (κ2) is 7.59. The molecule has 4 rings (SSSR count). The van der Waals surface area contributed by atoms with Crippen LogP contribution in [0.25, 0.3) is 11.1 Å². The van der Waals surface area contributed by atoms with Gasteiger partial charge in [0.05, 0.1) is 0 Å². The van der Waals surface area contributed by atoms with Crippen LogP contribution >= 0.6 is 0 Å². The van der Waals surface area contributed by atoms with E-state index in [1.54, 1.807) is 17.0 Å². The molecule has 1 heterocycles. The Morgan fingerprint density at radius 2 is 1.60 bits per heavy atom. The number of benzene rings is 2. The van der Waals surface area contributed by atoms with Crippen molar-refractivity contribution in [3.05, 3.63) is 59.2 Å². The molecule has 0 atom stereocenters. The Kier molecular flexibility index (Phi) is 5.10. The molecule has 0 unspecified atom stereocenters. The summed E-state index contributed by atoms with van der Waals surface area (Å²) in [5, 5.41) is 2.88. The molecule has 1 saturated heterocycles. The van der Waals surface area contributed by atoms with Crippen LogP contribution in [-0.4, -0.2) is 47.4 Å². The molecule has 0 spiro atoms. The van der Waals surface area contributed by atoms with Gasteiger partial charge in [-0.1, -0.05) is 30.3 Å². The number of carbonyl (C=O) groups is 3. The summed E-state index contributed by atoms with van der Waals surface area (Å²) in [4.78, 5) is 39.4. The predicted octanol–water partition coefficient (Wildman–Crippen LogP) is 4.03. The summed E-state index contributed by atoms with van der Waals surface area (Å²) in [5.74, 6) is -0.118. The van der Waals surface area contributed by atoms with Gasteiger partial charge in [-0.2, -0.15) is 0 Å². The van der Waals surface area contributed by atoms with Crippen molar-refractivity contribution in [1.82, 2.24) is 10.2 Å². The van der Waals surface area contributed by atoms with E-state index in [1.165, 1.54) is 0 Å². The third kappa shape index (κ3) is 3.95. The molecule has 0 saturated carbocycles. The Morgan fingerprint density at radius 3 is 2.27 bits per heavy atom. The molecule has 6 heteroatoms. The minimum Gasteiger partial charge on any atom is -0.444 e. The highest BCUT2D eigenvalue weighted by molar-refractivity contribution is 6.22. The number of amides is 2. The third-order valence-corrected chi connectivity index (χ3v) is 5.48. The molecule has 2 aromatic carbocycles. The van der Waals surface area contributed by atoms with Crippen LogP contribution in [0.1, 0.15) is 59.9 Å². The second-order valence-electron chi connectivity index (χ2n) is 8.85. The van der Waals surface area contributed by atoms with Crippen molar-refractivity contribution >= 4 is 17.8 Å². The number of hydrogen-bond acceptors (Lipinski definition) is 4. The van der Waals surface area contributed by atoms with Gasteiger partial charge < -0.3 is 15.0 Å². The van der Waals surface area contributed by atoms with Crippen molar-refractivity contribution in [2.75, 3.05) is 13.1 Å². The lowest BCUT2D eigenvalue weighted by Gasteiger charge is -2.33. The van der Waals surface area contributed by atoms with Gasteiger partial charge in [0.15, 0.2) is 5.78 Å². The maximum Gasteiger partial charge on any atom is 0.407 e. The van der Waals surface area contributed by atoms with Crippen LogP contribution in [-0.2, 0) is 4.74 Å². The van der Waals surface area contributed by atoms with Gasteiger partial charge in [-0.05, 0) is 56.9 Å². The average molecular weight is 406 g/mol. The van der Waals surface area contributed by atoms with Gasteiger partial charge in [-0.3, -0.25) is 9.59 Å². The zero-order valence-electron chi connectivity index (χ0n) is 17.5. The summed E-state index contributed by atoms with van der Waals surface area (Å²) in [7, 11) is 0. The fourth-order valence-electron chi connectivity index (χ4n) is 4.04. The molecule has 0 bridgehead atoms. The number of fused-ring (bicyclic) bond motifs is 3. The van der Waals surface area contributed by atoms with E-state index in [0.29, 0.717) is 42.6 Å². The highest BCUT2D eigenvalue weighted by atomic mass is 16.6. The molecule has 2 aromatic rings. The van der Waals surface area contributed by atoms with Crippen molar-refractivity contribution in [1.29, 1.82) is 0 Å². The summed E-state index contributed by atoms with van der Waals surface area (Å²) in [6, 6.07) is 12.9. The van der Waals surface area contributed by atoms with Crippen molar-refractivity contribution < 1.29 is 19.1 Å². The van der Waals surface area contributed by atoms with E-state index in [4.69, 9.17) is 4.74 Å². The number of ketones is 1. The first kappa shape index (κ1) is 20.1. The molecule has 1 aliphatic carbocycles. The summed E-state index contributed by atoms with van der Waals surface area (Å²) in [5.41, 5.74) is 3.06. The van der Waals surface area contributed by atoms with E-state index in [9.17, 15) is 14.4 Å². The van der Waals surface area contributed by atoms with Crippen molar-refractivity contribution in [2.45, 2.75) is 45.3 Å². The minimum atomic E-state index is -0.536. The first-order valence-corrected chi connectivity index (χ1v) is 10.3.